The van der Waals surface area contributed by atoms with Crippen LogP contribution in [0.5, 0.6) is 0 Å². The van der Waals surface area contributed by atoms with Crippen molar-refractivity contribution in [3.8, 4) is 0 Å². The minimum Gasteiger partial charge on any atom is -0.447 e. The molecular formula is C26H38N8O3SSi. The molecule has 210 valence electrons. The number of aryl methyl sites for hydroxylation is 1. The Kier molecular flexibility index (Phi) is 7.64. The van der Waals surface area contributed by atoms with Crippen molar-refractivity contribution in [2.75, 3.05) is 53.7 Å². The van der Waals surface area contributed by atoms with Gasteiger partial charge < -0.3 is 25.6 Å². The van der Waals surface area contributed by atoms with Crippen molar-refractivity contribution in [1.29, 1.82) is 0 Å². The summed E-state index contributed by atoms with van der Waals surface area (Å²) < 4.78 is 17.7. The van der Waals surface area contributed by atoms with E-state index in [4.69, 9.17) is 30.4 Å². The van der Waals surface area contributed by atoms with E-state index in [1.54, 1.807) is 0 Å². The molecule has 1 saturated heterocycles. The molecule has 11 nitrogen and oxygen atoms in total. The molecule has 3 aliphatic heterocycles. The predicted octanol–water partition coefficient (Wildman–Crippen LogP) is 3.04. The maximum absolute atomic E-state index is 12.7. The van der Waals surface area contributed by atoms with Gasteiger partial charge in [0.15, 0.2) is 5.82 Å². The van der Waals surface area contributed by atoms with Gasteiger partial charge in [0.2, 0.25) is 5.95 Å². The molecule has 13 heteroatoms. The van der Waals surface area contributed by atoms with E-state index in [9.17, 15) is 9.00 Å². The second-order valence-corrected chi connectivity index (χ2v) is 18.7. The number of carbonyl (C=O) groups excluding carboxylic acids is 1. The average Bonchev–Trinajstić information content (AvgIpc) is 3.28. The summed E-state index contributed by atoms with van der Waals surface area (Å²) in [4.78, 5) is 35.2. The van der Waals surface area contributed by atoms with Crippen LogP contribution in [0.3, 0.4) is 0 Å². The van der Waals surface area contributed by atoms with Crippen molar-refractivity contribution in [2.24, 2.45) is 5.73 Å². The first kappa shape index (κ1) is 27.5. The number of carbonyl (C=O) groups is 1. The predicted molar refractivity (Wildman–Crippen MR) is 156 cm³/mol. The summed E-state index contributed by atoms with van der Waals surface area (Å²) in [5, 5.41) is 3.31. The van der Waals surface area contributed by atoms with Crippen molar-refractivity contribution < 1.29 is 13.7 Å². The van der Waals surface area contributed by atoms with Gasteiger partial charge in [-0.3, -0.25) is 4.21 Å². The minimum atomic E-state index is -1.18. The highest BCUT2D eigenvalue weighted by atomic mass is 32.2. The monoisotopic (exact) mass is 570 g/mol. The van der Waals surface area contributed by atoms with Crippen LogP contribution in [0.25, 0.3) is 5.57 Å². The zero-order valence-corrected chi connectivity index (χ0v) is 25.0. The fourth-order valence-corrected chi connectivity index (χ4v) is 8.40. The second kappa shape index (κ2) is 10.8. The molecule has 1 atom stereocenters. The van der Waals surface area contributed by atoms with Crippen molar-refractivity contribution in [2.45, 2.75) is 62.3 Å². The van der Waals surface area contributed by atoms with Crippen LogP contribution in [-0.2, 0) is 22.0 Å². The molecular weight excluding hydrogens is 532 g/mol. The summed E-state index contributed by atoms with van der Waals surface area (Å²) in [7, 11) is -2.20. The summed E-state index contributed by atoms with van der Waals surface area (Å²) in [5.74, 6) is 2.40. The quantitative estimate of drug-likeness (QED) is 0.478. The van der Waals surface area contributed by atoms with E-state index >= 15 is 0 Å². The van der Waals surface area contributed by atoms with Gasteiger partial charge in [-0.05, 0) is 37.9 Å². The smallest absolute Gasteiger partial charge is 0.404 e. The van der Waals surface area contributed by atoms with Gasteiger partial charge in [-0.25, -0.2) is 19.7 Å². The Labute approximate surface area is 233 Å². The number of hydrogen-bond acceptors (Lipinski definition) is 10. The van der Waals surface area contributed by atoms with E-state index in [0.29, 0.717) is 35.4 Å². The molecule has 39 heavy (non-hydrogen) atoms. The number of aromatic nitrogens is 4. The summed E-state index contributed by atoms with van der Waals surface area (Å²) in [6, 6.07) is 2.62. The van der Waals surface area contributed by atoms with Crippen LogP contribution >= 0.6 is 0 Å². The van der Waals surface area contributed by atoms with Gasteiger partial charge in [-0.2, -0.15) is 4.98 Å². The minimum absolute atomic E-state index is 0.0507. The zero-order valence-electron chi connectivity index (χ0n) is 23.2. The number of hydrogen-bond donors (Lipinski definition) is 2. The Bertz CT molecular complexity index is 1290. The maximum atomic E-state index is 12.7. The summed E-state index contributed by atoms with van der Waals surface area (Å²) in [5.41, 5.74) is 7.51. The Morgan fingerprint density at radius 3 is 2.49 bits per heavy atom. The van der Waals surface area contributed by atoms with Gasteiger partial charge in [0.25, 0.3) is 0 Å². The first-order chi connectivity index (χ1) is 18.5. The SMILES string of the molecule is CC(C)(COC(N)=O)Nc1nc(N2CC=C(c3ncc(N4CC[Si](C)(C)CC4)cn3)CC2)nc2c1S(=O)CC2. The summed E-state index contributed by atoms with van der Waals surface area (Å²) >= 11 is 0. The Balaban J connectivity index is 1.29. The third kappa shape index (κ3) is 6.40. The standard InChI is InChI=1S/C26H38N8O3SSi/c1-26(2,17-37-24(27)35)32-23-21-20(7-12-38(21)36)30-25(31-23)34-8-5-18(6-9-34)22-28-15-19(16-29-22)33-10-13-39(3,4)14-11-33/h5,15-16H,6-14,17H2,1-4H3,(H2,27,35)(H,30,31,32). The van der Waals surface area contributed by atoms with E-state index in [0.717, 1.165) is 48.8 Å². The number of anilines is 3. The lowest BCUT2D eigenvalue weighted by Gasteiger charge is -2.36. The largest absolute Gasteiger partial charge is 0.447 e. The number of amides is 1. The van der Waals surface area contributed by atoms with Crippen molar-refractivity contribution in [3.63, 3.8) is 0 Å². The lowest BCUT2D eigenvalue weighted by Crippen LogP contribution is -2.42. The van der Waals surface area contributed by atoms with Crippen LogP contribution in [0.2, 0.25) is 25.2 Å². The fraction of sp³-hybridized carbons (Fsp3) is 0.577. The molecule has 1 unspecified atom stereocenters. The van der Waals surface area contributed by atoms with E-state index in [2.05, 4.69) is 34.3 Å². The molecule has 0 spiro atoms. The maximum Gasteiger partial charge on any atom is 0.404 e. The molecule has 2 aromatic heterocycles. The van der Waals surface area contributed by atoms with Gasteiger partial charge in [0.1, 0.15) is 17.3 Å². The average molecular weight is 571 g/mol. The van der Waals surface area contributed by atoms with Crippen molar-refractivity contribution >= 4 is 48.0 Å². The van der Waals surface area contributed by atoms with E-state index in [1.807, 2.05) is 26.2 Å². The Morgan fingerprint density at radius 2 is 1.85 bits per heavy atom. The van der Waals surface area contributed by atoms with Crippen LogP contribution in [0.15, 0.2) is 23.4 Å². The molecule has 0 radical (unpaired) electrons. The molecule has 3 aliphatic rings. The lowest BCUT2D eigenvalue weighted by atomic mass is 10.1. The number of rotatable bonds is 7. The van der Waals surface area contributed by atoms with Gasteiger partial charge >= 0.3 is 6.09 Å². The van der Waals surface area contributed by atoms with Gasteiger partial charge in [0.05, 0.1) is 48.2 Å². The van der Waals surface area contributed by atoms with E-state index in [1.165, 1.54) is 12.1 Å². The highest BCUT2D eigenvalue weighted by molar-refractivity contribution is 7.85. The number of primary amides is 1. The highest BCUT2D eigenvalue weighted by Gasteiger charge is 2.31. The van der Waals surface area contributed by atoms with Crippen LogP contribution in [-0.4, -0.2) is 82.4 Å². The molecule has 1 amide bonds. The molecule has 0 saturated carbocycles. The van der Waals surface area contributed by atoms with Gasteiger partial charge in [-0.15, -0.1) is 0 Å². The van der Waals surface area contributed by atoms with Crippen LogP contribution in [0.1, 0.15) is 31.8 Å². The Hall–Kier alpha value is -3.06. The molecule has 1 fully saturated rings. The van der Waals surface area contributed by atoms with Crippen molar-refractivity contribution in [1.82, 2.24) is 19.9 Å². The number of nitrogens with two attached hydrogens (primary N) is 1. The van der Waals surface area contributed by atoms with E-state index in [-0.39, 0.29) is 6.61 Å². The summed E-state index contributed by atoms with van der Waals surface area (Å²) in [6.07, 6.45) is 6.63. The normalized spacial score (nSPS) is 20.8. The van der Waals surface area contributed by atoms with Crippen LogP contribution in [0, 0.1) is 0 Å². The van der Waals surface area contributed by atoms with Crippen molar-refractivity contribution in [3.05, 3.63) is 30.0 Å². The highest BCUT2D eigenvalue weighted by Crippen LogP contribution is 2.33. The second-order valence-electron chi connectivity index (χ2n) is 11.9. The van der Waals surface area contributed by atoms with Gasteiger partial charge in [-0.1, -0.05) is 19.2 Å². The number of ether oxygens (including phenoxy) is 1. The van der Waals surface area contributed by atoms with Crippen LogP contribution in [0.4, 0.5) is 22.2 Å². The topological polar surface area (TPSA) is 139 Å². The first-order valence-corrected chi connectivity index (χ1v) is 18.2. The Morgan fingerprint density at radius 1 is 1.13 bits per heavy atom. The molecule has 0 aliphatic carbocycles. The molecule has 0 aromatic carbocycles. The molecule has 0 bridgehead atoms. The van der Waals surface area contributed by atoms with E-state index < -0.39 is 30.5 Å². The molecule has 5 heterocycles. The van der Waals surface area contributed by atoms with Gasteiger partial charge in [0, 0.05) is 38.4 Å². The third-order valence-electron chi connectivity index (χ3n) is 7.61. The molecule has 2 aromatic rings. The number of fused-ring (bicyclic) bond motifs is 1. The lowest BCUT2D eigenvalue weighted by molar-refractivity contribution is 0.138. The summed E-state index contributed by atoms with van der Waals surface area (Å²) in [6.45, 7) is 12.3. The zero-order chi connectivity index (χ0) is 27.8. The third-order valence-corrected chi connectivity index (χ3v) is 12.2. The fourth-order valence-electron chi connectivity index (χ4n) is 5.09. The number of nitrogens with zero attached hydrogens (tertiary/aromatic N) is 6. The molecule has 5 rings (SSSR count). The van der Waals surface area contributed by atoms with Crippen LogP contribution < -0.4 is 20.9 Å². The first-order valence-electron chi connectivity index (χ1n) is 13.5. The number of nitrogens with one attached hydrogen (secondary N) is 1. The molecule has 3 N–H and O–H groups in total.